The van der Waals surface area contributed by atoms with Crippen molar-refractivity contribution < 1.29 is 5.11 Å². The van der Waals surface area contributed by atoms with E-state index in [1.807, 2.05) is 6.07 Å². The zero-order chi connectivity index (χ0) is 12.3. The van der Waals surface area contributed by atoms with Crippen molar-refractivity contribution >= 4 is 21.6 Å². The third kappa shape index (κ3) is 3.44. The molecule has 1 aromatic rings. The van der Waals surface area contributed by atoms with Gasteiger partial charge in [-0.1, -0.05) is 22.0 Å². The molecule has 2 rings (SSSR count). The Bertz CT molecular complexity index is 372. The zero-order valence-corrected chi connectivity index (χ0v) is 11.7. The second kappa shape index (κ2) is 5.85. The van der Waals surface area contributed by atoms with Crippen molar-refractivity contribution in [2.75, 3.05) is 24.6 Å². The van der Waals surface area contributed by atoms with E-state index in [-0.39, 0.29) is 6.61 Å². The van der Waals surface area contributed by atoms with Gasteiger partial charge in [-0.2, -0.15) is 0 Å². The first kappa shape index (κ1) is 12.9. The predicted molar refractivity (Wildman–Crippen MR) is 74.4 cm³/mol. The average Bonchev–Trinajstić information content (AvgIpc) is 2.28. The van der Waals surface area contributed by atoms with Gasteiger partial charge in [-0.05, 0) is 31.5 Å². The smallest absolute Gasteiger partial charge is 0.0446 e. The molecular weight excluding hydrogens is 280 g/mol. The lowest BCUT2D eigenvalue weighted by Gasteiger charge is -2.39. The van der Waals surface area contributed by atoms with Gasteiger partial charge in [0, 0.05) is 41.9 Å². The third-order valence-corrected chi connectivity index (χ3v) is 3.60. The van der Waals surface area contributed by atoms with E-state index in [9.17, 15) is 0 Å². The molecule has 0 spiro atoms. The van der Waals surface area contributed by atoms with Crippen LogP contribution in [0.15, 0.2) is 28.7 Å². The van der Waals surface area contributed by atoms with E-state index in [1.54, 1.807) is 0 Å². The highest BCUT2D eigenvalue weighted by atomic mass is 79.9. The number of anilines is 1. The molecule has 1 aliphatic rings. The van der Waals surface area contributed by atoms with Gasteiger partial charge in [-0.3, -0.25) is 0 Å². The van der Waals surface area contributed by atoms with Gasteiger partial charge in [0.25, 0.3) is 0 Å². The first-order chi connectivity index (χ1) is 8.19. The number of nitrogens with one attached hydrogen (secondary N) is 1. The number of nitrogens with zero attached hydrogens (tertiary/aromatic N) is 1. The molecule has 17 heavy (non-hydrogen) atoms. The van der Waals surface area contributed by atoms with Gasteiger partial charge in [0.05, 0.1) is 0 Å². The molecule has 1 fully saturated rings. The van der Waals surface area contributed by atoms with Crippen LogP contribution in [0.2, 0.25) is 0 Å². The van der Waals surface area contributed by atoms with Crippen LogP contribution in [0.4, 0.5) is 5.69 Å². The molecule has 0 bridgehead atoms. The maximum absolute atomic E-state index is 9.04. The van der Waals surface area contributed by atoms with Crippen molar-refractivity contribution in [3.05, 3.63) is 28.7 Å². The minimum Gasteiger partial charge on any atom is -0.396 e. The fourth-order valence-corrected chi connectivity index (χ4v) is 2.78. The van der Waals surface area contributed by atoms with E-state index >= 15 is 0 Å². The molecule has 0 saturated carbocycles. The number of hydrogen-bond acceptors (Lipinski definition) is 3. The van der Waals surface area contributed by atoms with Crippen molar-refractivity contribution in [1.29, 1.82) is 0 Å². The first-order valence-electron chi connectivity index (χ1n) is 6.06. The number of benzene rings is 1. The standard InChI is InChI=1S/C13H19BrN2O/c1-10-8-16(9-12(15-10)5-6-17)13-4-2-3-11(14)7-13/h2-4,7,10,12,15,17H,5-6,8-9H2,1H3. The second-order valence-corrected chi connectivity index (χ2v) is 5.58. The molecule has 2 atom stereocenters. The van der Waals surface area contributed by atoms with Gasteiger partial charge >= 0.3 is 0 Å². The second-order valence-electron chi connectivity index (χ2n) is 4.66. The number of piperazine rings is 1. The fourth-order valence-electron chi connectivity index (χ4n) is 2.39. The molecule has 1 saturated heterocycles. The lowest BCUT2D eigenvalue weighted by molar-refractivity contribution is 0.250. The van der Waals surface area contributed by atoms with Crippen molar-refractivity contribution in [3.8, 4) is 0 Å². The van der Waals surface area contributed by atoms with Gasteiger partial charge < -0.3 is 15.3 Å². The monoisotopic (exact) mass is 298 g/mol. The van der Waals surface area contributed by atoms with E-state index in [1.165, 1.54) is 5.69 Å². The van der Waals surface area contributed by atoms with Crippen LogP contribution >= 0.6 is 15.9 Å². The Balaban J connectivity index is 2.09. The van der Waals surface area contributed by atoms with Gasteiger partial charge in [0.1, 0.15) is 0 Å². The van der Waals surface area contributed by atoms with Gasteiger partial charge in [0.2, 0.25) is 0 Å². The molecule has 0 radical (unpaired) electrons. The van der Waals surface area contributed by atoms with Crippen molar-refractivity contribution in [3.63, 3.8) is 0 Å². The van der Waals surface area contributed by atoms with Crippen LogP contribution in [0.5, 0.6) is 0 Å². The topological polar surface area (TPSA) is 35.5 Å². The Hall–Kier alpha value is -0.580. The lowest BCUT2D eigenvalue weighted by Crippen LogP contribution is -2.55. The van der Waals surface area contributed by atoms with Crippen molar-refractivity contribution in [2.24, 2.45) is 0 Å². The zero-order valence-electron chi connectivity index (χ0n) is 10.1. The highest BCUT2D eigenvalue weighted by Gasteiger charge is 2.23. The number of aliphatic hydroxyl groups excluding tert-OH is 1. The molecular formula is C13H19BrN2O. The molecule has 3 nitrogen and oxygen atoms in total. The van der Waals surface area contributed by atoms with Gasteiger partial charge in [0.15, 0.2) is 0 Å². The maximum Gasteiger partial charge on any atom is 0.0446 e. The first-order valence-corrected chi connectivity index (χ1v) is 6.86. The van der Waals surface area contributed by atoms with Crippen LogP contribution in [-0.2, 0) is 0 Å². The highest BCUT2D eigenvalue weighted by molar-refractivity contribution is 9.10. The summed E-state index contributed by atoms with van der Waals surface area (Å²) in [7, 11) is 0. The Kier molecular flexibility index (Phi) is 4.42. The Morgan fingerprint density at radius 3 is 3.00 bits per heavy atom. The number of hydrogen-bond donors (Lipinski definition) is 2. The van der Waals surface area contributed by atoms with Gasteiger partial charge in [-0.25, -0.2) is 0 Å². The number of aliphatic hydroxyl groups is 1. The summed E-state index contributed by atoms with van der Waals surface area (Å²) in [4.78, 5) is 2.38. The molecule has 4 heteroatoms. The summed E-state index contributed by atoms with van der Waals surface area (Å²) in [5.41, 5.74) is 1.25. The molecule has 0 aliphatic carbocycles. The number of rotatable bonds is 3. The molecule has 1 aliphatic heterocycles. The maximum atomic E-state index is 9.04. The van der Waals surface area contributed by atoms with Crippen molar-refractivity contribution in [2.45, 2.75) is 25.4 Å². The van der Waals surface area contributed by atoms with E-state index in [2.05, 4.69) is 51.3 Å². The van der Waals surface area contributed by atoms with E-state index in [4.69, 9.17) is 5.11 Å². The molecule has 0 amide bonds. The molecule has 94 valence electrons. The lowest BCUT2D eigenvalue weighted by atomic mass is 10.1. The van der Waals surface area contributed by atoms with Crippen LogP contribution in [0.3, 0.4) is 0 Å². The summed E-state index contributed by atoms with van der Waals surface area (Å²) in [6.45, 7) is 4.41. The van der Waals surface area contributed by atoms with Crippen LogP contribution < -0.4 is 10.2 Å². The Morgan fingerprint density at radius 1 is 1.47 bits per heavy atom. The fraction of sp³-hybridized carbons (Fsp3) is 0.538. The Morgan fingerprint density at radius 2 is 2.29 bits per heavy atom. The molecule has 2 N–H and O–H groups in total. The van der Waals surface area contributed by atoms with Crippen LogP contribution in [-0.4, -0.2) is 36.9 Å². The highest BCUT2D eigenvalue weighted by Crippen LogP contribution is 2.22. The quantitative estimate of drug-likeness (QED) is 0.896. The summed E-state index contributed by atoms with van der Waals surface area (Å²) < 4.78 is 1.11. The largest absolute Gasteiger partial charge is 0.396 e. The summed E-state index contributed by atoms with van der Waals surface area (Å²) >= 11 is 3.51. The van der Waals surface area contributed by atoms with E-state index < -0.39 is 0 Å². The van der Waals surface area contributed by atoms with E-state index in [0.717, 1.165) is 24.0 Å². The average molecular weight is 299 g/mol. The molecule has 1 aromatic carbocycles. The van der Waals surface area contributed by atoms with E-state index in [0.29, 0.717) is 12.1 Å². The minimum atomic E-state index is 0.247. The van der Waals surface area contributed by atoms with Crippen LogP contribution in [0, 0.1) is 0 Å². The molecule has 1 heterocycles. The summed E-state index contributed by atoms with van der Waals surface area (Å²) in [5.74, 6) is 0. The SMILES string of the molecule is CC1CN(c2cccc(Br)c2)CC(CCO)N1. The summed E-state index contributed by atoms with van der Waals surface area (Å²) in [5, 5.41) is 12.6. The number of halogens is 1. The minimum absolute atomic E-state index is 0.247. The third-order valence-electron chi connectivity index (χ3n) is 3.11. The summed E-state index contributed by atoms with van der Waals surface area (Å²) in [6, 6.07) is 9.22. The molecule has 2 unspecified atom stereocenters. The molecule has 0 aromatic heterocycles. The summed E-state index contributed by atoms with van der Waals surface area (Å²) in [6.07, 6.45) is 0.814. The van der Waals surface area contributed by atoms with Crippen LogP contribution in [0.25, 0.3) is 0 Å². The van der Waals surface area contributed by atoms with Crippen LogP contribution in [0.1, 0.15) is 13.3 Å². The predicted octanol–water partition coefficient (Wildman–Crippen LogP) is 2.00. The normalized spacial score (nSPS) is 25.0. The van der Waals surface area contributed by atoms with Crippen molar-refractivity contribution in [1.82, 2.24) is 5.32 Å². The van der Waals surface area contributed by atoms with Gasteiger partial charge in [-0.15, -0.1) is 0 Å². The Labute approximate surface area is 111 Å².